The van der Waals surface area contributed by atoms with E-state index in [1.807, 2.05) is 0 Å². The van der Waals surface area contributed by atoms with Gasteiger partial charge in [-0.2, -0.15) is 57.1 Å². The molecule has 170 valence electrons. The number of hydrogen-bond donors (Lipinski definition) is 0. The molecule has 0 aliphatic heterocycles. The van der Waals surface area contributed by atoms with Gasteiger partial charge in [-0.1, -0.05) is 44.8 Å². The quantitative estimate of drug-likeness (QED) is 0.252. The van der Waals surface area contributed by atoms with Gasteiger partial charge in [0.2, 0.25) is 0 Å². The Morgan fingerprint density at radius 2 is 0.857 bits per heavy atom. The SMILES string of the molecule is CC(C)[SiH](CCC(F)(F)C(F)(F)C(F)(F)C(F)(F)C(F)(F)C(F)(F)F)C(C)C. The molecular weight excluding hydrogens is 443 g/mol. The fourth-order valence-corrected chi connectivity index (χ4v) is 6.31. The van der Waals surface area contributed by atoms with Gasteiger partial charge in [-0.05, 0) is 0 Å². The lowest BCUT2D eigenvalue weighted by atomic mass is 9.93. The molecule has 0 unspecified atom stereocenters. The van der Waals surface area contributed by atoms with Crippen LogP contribution in [0.4, 0.5) is 57.1 Å². The van der Waals surface area contributed by atoms with Crippen molar-refractivity contribution in [3.05, 3.63) is 0 Å². The lowest BCUT2D eigenvalue weighted by Crippen LogP contribution is -2.70. The van der Waals surface area contributed by atoms with Crippen LogP contribution in [0.25, 0.3) is 0 Å². The average molecular weight is 462 g/mol. The summed E-state index contributed by atoms with van der Waals surface area (Å²) in [7, 11) is -2.28. The van der Waals surface area contributed by atoms with Gasteiger partial charge in [0.05, 0.1) is 0 Å². The molecule has 0 nitrogen and oxygen atoms in total. The van der Waals surface area contributed by atoms with E-state index in [1.165, 1.54) is 0 Å². The van der Waals surface area contributed by atoms with E-state index in [9.17, 15) is 57.1 Å². The Kier molecular flexibility index (Phi) is 7.66. The van der Waals surface area contributed by atoms with Crippen molar-refractivity contribution < 1.29 is 57.1 Å². The highest BCUT2D eigenvalue weighted by Gasteiger charge is 2.90. The topological polar surface area (TPSA) is 0 Å². The van der Waals surface area contributed by atoms with Crippen LogP contribution in [-0.2, 0) is 0 Å². The number of alkyl halides is 13. The lowest BCUT2D eigenvalue weighted by molar-refractivity contribution is -0.439. The predicted molar refractivity (Wildman–Crippen MR) is 77.6 cm³/mol. The van der Waals surface area contributed by atoms with Crippen molar-refractivity contribution in [3.8, 4) is 0 Å². The number of halogens is 13. The summed E-state index contributed by atoms with van der Waals surface area (Å²) in [5.74, 6) is -36.3. The van der Waals surface area contributed by atoms with Crippen molar-refractivity contribution in [1.29, 1.82) is 0 Å². The van der Waals surface area contributed by atoms with Crippen LogP contribution in [0.1, 0.15) is 34.1 Å². The molecule has 14 heteroatoms. The van der Waals surface area contributed by atoms with E-state index in [2.05, 4.69) is 0 Å². The summed E-state index contributed by atoms with van der Waals surface area (Å²) in [6, 6.07) is -0.741. The van der Waals surface area contributed by atoms with Crippen molar-refractivity contribution >= 4 is 8.80 Å². The highest BCUT2D eigenvalue weighted by atomic mass is 28.3. The van der Waals surface area contributed by atoms with Crippen LogP contribution in [0.2, 0.25) is 17.1 Å². The van der Waals surface area contributed by atoms with Gasteiger partial charge in [-0.3, -0.25) is 0 Å². The molecule has 28 heavy (non-hydrogen) atoms. The van der Waals surface area contributed by atoms with Gasteiger partial charge in [-0.25, -0.2) is 0 Å². The zero-order valence-corrected chi connectivity index (χ0v) is 16.2. The summed E-state index contributed by atoms with van der Waals surface area (Å²) in [6.45, 7) is 6.17. The fraction of sp³-hybridized carbons (Fsp3) is 1.00. The second-order valence-electron chi connectivity index (χ2n) is 7.19. The van der Waals surface area contributed by atoms with Crippen LogP contribution in [-0.4, -0.2) is 44.6 Å². The monoisotopic (exact) mass is 462 g/mol. The molecule has 0 aromatic heterocycles. The smallest absolute Gasteiger partial charge is 0.200 e. The van der Waals surface area contributed by atoms with Gasteiger partial charge in [0.1, 0.15) is 0 Å². The first-order valence-electron chi connectivity index (χ1n) is 7.94. The van der Waals surface area contributed by atoms with Crippen LogP contribution in [0.3, 0.4) is 0 Å². The van der Waals surface area contributed by atoms with Gasteiger partial charge in [0.25, 0.3) is 0 Å². The average Bonchev–Trinajstić information content (AvgIpc) is 2.44. The number of rotatable bonds is 9. The highest BCUT2D eigenvalue weighted by Crippen LogP contribution is 2.60. The molecule has 0 heterocycles. The summed E-state index contributed by atoms with van der Waals surface area (Å²) in [5.41, 5.74) is -0.554. The van der Waals surface area contributed by atoms with Crippen LogP contribution in [0, 0.1) is 0 Å². The Hall–Kier alpha value is -0.693. The summed E-state index contributed by atoms with van der Waals surface area (Å²) < 4.78 is 169. The van der Waals surface area contributed by atoms with E-state index in [-0.39, 0.29) is 11.1 Å². The Bertz CT molecular complexity index is 514. The molecule has 0 rings (SSSR count). The second kappa shape index (κ2) is 7.86. The Morgan fingerprint density at radius 1 is 0.536 bits per heavy atom. The minimum absolute atomic E-state index is 0.277. The minimum atomic E-state index is -7.82. The second-order valence-corrected chi connectivity index (χ2v) is 11.8. The van der Waals surface area contributed by atoms with Crippen LogP contribution in [0.15, 0.2) is 0 Å². The molecule has 0 radical (unpaired) electrons. The molecule has 0 atom stereocenters. The summed E-state index contributed by atoms with van der Waals surface area (Å²) in [5, 5.41) is 0. The van der Waals surface area contributed by atoms with E-state index < -0.39 is 57.1 Å². The molecule has 0 saturated carbocycles. The van der Waals surface area contributed by atoms with Gasteiger partial charge in [0.15, 0.2) is 0 Å². The molecule has 0 aliphatic carbocycles. The van der Waals surface area contributed by atoms with E-state index in [4.69, 9.17) is 0 Å². The van der Waals surface area contributed by atoms with Gasteiger partial charge in [-0.15, -0.1) is 0 Å². The molecular formula is C14H19F13Si. The molecule has 0 amide bonds. The molecule has 0 aromatic rings. The lowest BCUT2D eigenvalue weighted by Gasteiger charge is -2.40. The van der Waals surface area contributed by atoms with Crippen molar-refractivity contribution in [3.63, 3.8) is 0 Å². The van der Waals surface area contributed by atoms with Crippen LogP contribution >= 0.6 is 0 Å². The van der Waals surface area contributed by atoms with Gasteiger partial charge in [0, 0.05) is 15.2 Å². The summed E-state index contributed by atoms with van der Waals surface area (Å²) in [4.78, 5) is 0. The number of hydrogen-bond acceptors (Lipinski definition) is 0. The third-order valence-corrected chi connectivity index (χ3v) is 8.88. The maximum absolute atomic E-state index is 13.7. The van der Waals surface area contributed by atoms with Crippen LogP contribution in [0.5, 0.6) is 0 Å². The summed E-state index contributed by atoms with van der Waals surface area (Å²) >= 11 is 0. The maximum Gasteiger partial charge on any atom is 0.460 e. The van der Waals surface area contributed by atoms with E-state index >= 15 is 0 Å². The molecule has 0 bridgehead atoms. The normalized spacial score (nSPS) is 15.9. The van der Waals surface area contributed by atoms with Crippen molar-refractivity contribution in [1.82, 2.24) is 0 Å². The molecule has 0 aromatic carbocycles. The largest absolute Gasteiger partial charge is 0.460 e. The molecule has 0 spiro atoms. The zero-order valence-electron chi connectivity index (χ0n) is 15.1. The first-order chi connectivity index (χ1) is 12.0. The Balaban J connectivity index is 5.98. The first kappa shape index (κ1) is 27.3. The van der Waals surface area contributed by atoms with E-state index in [0.29, 0.717) is 0 Å². The zero-order chi connectivity index (χ0) is 23.1. The van der Waals surface area contributed by atoms with E-state index in [1.54, 1.807) is 27.7 Å². The van der Waals surface area contributed by atoms with Crippen LogP contribution < -0.4 is 0 Å². The first-order valence-corrected chi connectivity index (χ1v) is 10.1. The Labute approximate surface area is 154 Å². The molecule has 0 saturated heterocycles. The van der Waals surface area contributed by atoms with Crippen molar-refractivity contribution in [2.45, 2.75) is 87.0 Å². The van der Waals surface area contributed by atoms with E-state index in [0.717, 1.165) is 0 Å². The summed E-state index contributed by atoms with van der Waals surface area (Å²) in [6.07, 6.45) is -9.44. The molecule has 0 N–H and O–H groups in total. The Morgan fingerprint density at radius 3 is 1.14 bits per heavy atom. The van der Waals surface area contributed by atoms with Gasteiger partial charge < -0.3 is 0 Å². The molecule has 0 aliphatic rings. The molecule has 0 fully saturated rings. The van der Waals surface area contributed by atoms with Crippen molar-refractivity contribution in [2.24, 2.45) is 0 Å². The third-order valence-electron chi connectivity index (χ3n) is 4.50. The minimum Gasteiger partial charge on any atom is -0.200 e. The fourth-order valence-electron chi connectivity index (χ4n) is 2.74. The highest BCUT2D eigenvalue weighted by molar-refractivity contribution is 6.61. The van der Waals surface area contributed by atoms with Crippen molar-refractivity contribution in [2.75, 3.05) is 0 Å². The maximum atomic E-state index is 13.7. The van der Waals surface area contributed by atoms with Gasteiger partial charge >= 0.3 is 35.8 Å². The third kappa shape index (κ3) is 4.40. The standard InChI is InChI=1S/C14H19F13Si/c1-7(2)28(8(3)4)6-5-9(15,16)10(17,18)11(19,20)12(21,22)13(23,24)14(25,26)27/h7-8,28H,5-6H2,1-4H3. The predicted octanol–water partition coefficient (Wildman–Crippen LogP) is 7.16.